The quantitative estimate of drug-likeness (QED) is 0.833. The number of nitrogens with zero attached hydrogens (tertiary/aromatic N) is 1. The van der Waals surface area contributed by atoms with Gasteiger partial charge in [0.1, 0.15) is 6.07 Å². The predicted molar refractivity (Wildman–Crippen MR) is 77.3 cm³/mol. The molecule has 1 atom stereocenters. The highest BCUT2D eigenvalue weighted by Crippen LogP contribution is 2.37. The maximum atomic E-state index is 12.4. The molecule has 1 saturated carbocycles. The van der Waals surface area contributed by atoms with Crippen molar-refractivity contribution in [3.8, 4) is 6.07 Å². The van der Waals surface area contributed by atoms with E-state index in [0.29, 0.717) is 5.69 Å². The molecule has 1 unspecified atom stereocenters. The van der Waals surface area contributed by atoms with E-state index in [1.54, 1.807) is 0 Å². The van der Waals surface area contributed by atoms with Crippen LogP contribution in [-0.2, 0) is 10.0 Å². The fourth-order valence-corrected chi connectivity index (χ4v) is 4.10. The Hall–Kier alpha value is -1.58. The average Bonchev–Trinajstić information content (AvgIpc) is 2.67. The van der Waals surface area contributed by atoms with Crippen molar-refractivity contribution in [1.82, 2.24) is 4.72 Å². The molecule has 0 saturated heterocycles. The fourth-order valence-electron chi connectivity index (χ4n) is 2.69. The van der Waals surface area contributed by atoms with E-state index in [1.807, 2.05) is 6.07 Å². The number of nitriles is 1. The molecular formula is C14H19N3O2S. The van der Waals surface area contributed by atoms with Crippen molar-refractivity contribution in [2.24, 2.45) is 5.41 Å². The van der Waals surface area contributed by atoms with Gasteiger partial charge < -0.3 is 5.73 Å². The molecule has 0 heterocycles. The van der Waals surface area contributed by atoms with Crippen molar-refractivity contribution in [3.63, 3.8) is 0 Å². The maximum Gasteiger partial charge on any atom is 0.242 e. The number of anilines is 1. The van der Waals surface area contributed by atoms with Crippen molar-refractivity contribution in [3.05, 3.63) is 23.8 Å². The van der Waals surface area contributed by atoms with Crippen LogP contribution in [0.15, 0.2) is 23.1 Å². The number of sulfonamides is 1. The number of nitrogen functional groups attached to an aromatic ring is 1. The summed E-state index contributed by atoms with van der Waals surface area (Å²) >= 11 is 0. The average molecular weight is 293 g/mol. The molecule has 0 spiro atoms. The van der Waals surface area contributed by atoms with Gasteiger partial charge in [0.2, 0.25) is 10.0 Å². The van der Waals surface area contributed by atoms with E-state index in [4.69, 9.17) is 11.0 Å². The van der Waals surface area contributed by atoms with Crippen LogP contribution in [0.2, 0.25) is 0 Å². The van der Waals surface area contributed by atoms with Crippen molar-refractivity contribution < 1.29 is 8.42 Å². The first kappa shape index (κ1) is 14.8. The van der Waals surface area contributed by atoms with E-state index in [2.05, 4.69) is 18.6 Å². The maximum absolute atomic E-state index is 12.4. The third-order valence-corrected chi connectivity index (χ3v) is 5.28. The highest BCUT2D eigenvalue weighted by Gasteiger charge is 2.34. The molecule has 0 aliphatic heterocycles. The summed E-state index contributed by atoms with van der Waals surface area (Å²) in [6.07, 6.45) is 2.62. The smallest absolute Gasteiger partial charge is 0.242 e. The van der Waals surface area contributed by atoms with Crippen LogP contribution in [0.3, 0.4) is 0 Å². The van der Waals surface area contributed by atoms with Crippen LogP contribution in [0.5, 0.6) is 0 Å². The van der Waals surface area contributed by atoms with E-state index in [9.17, 15) is 8.42 Å². The van der Waals surface area contributed by atoms with Crippen LogP contribution in [0.1, 0.15) is 38.7 Å². The van der Waals surface area contributed by atoms with Crippen molar-refractivity contribution >= 4 is 15.7 Å². The van der Waals surface area contributed by atoms with Crippen LogP contribution >= 0.6 is 0 Å². The number of nitrogens with two attached hydrogens (primary N) is 1. The Balaban J connectivity index is 2.26. The number of rotatable bonds is 3. The van der Waals surface area contributed by atoms with Gasteiger partial charge in [-0.2, -0.15) is 5.26 Å². The van der Waals surface area contributed by atoms with Gasteiger partial charge in [-0.3, -0.25) is 0 Å². The Morgan fingerprint density at radius 3 is 2.70 bits per heavy atom. The van der Waals surface area contributed by atoms with Gasteiger partial charge in [0.05, 0.1) is 10.5 Å². The summed E-state index contributed by atoms with van der Waals surface area (Å²) < 4.78 is 27.5. The molecule has 0 amide bonds. The Bertz CT molecular complexity index is 659. The standard InChI is InChI=1S/C14H19N3O2S/c1-14(2)6-5-12(8-14)17-20(18,19)13-4-3-11(16)7-10(13)9-15/h3-4,7,12,17H,5-6,8,16H2,1-2H3. The zero-order valence-electron chi connectivity index (χ0n) is 11.7. The Morgan fingerprint density at radius 2 is 2.15 bits per heavy atom. The minimum absolute atomic E-state index is 0.00101. The van der Waals surface area contributed by atoms with E-state index in [0.717, 1.165) is 19.3 Å². The largest absolute Gasteiger partial charge is 0.399 e. The zero-order chi connectivity index (χ0) is 15.0. The lowest BCUT2D eigenvalue weighted by atomic mass is 9.92. The molecule has 6 heteroatoms. The first-order valence-electron chi connectivity index (χ1n) is 6.55. The summed E-state index contributed by atoms with van der Waals surface area (Å²) in [5, 5.41) is 9.05. The molecule has 1 aliphatic rings. The lowest BCUT2D eigenvalue weighted by Gasteiger charge is -2.18. The Labute approximate surface area is 119 Å². The molecule has 0 bridgehead atoms. The Kier molecular flexibility index (Phi) is 3.76. The van der Waals surface area contributed by atoms with Crippen molar-refractivity contribution in [1.29, 1.82) is 5.26 Å². The van der Waals surface area contributed by atoms with Gasteiger partial charge in [0.25, 0.3) is 0 Å². The second-order valence-corrected chi connectivity index (χ2v) is 7.78. The first-order chi connectivity index (χ1) is 9.23. The minimum atomic E-state index is -3.68. The highest BCUT2D eigenvalue weighted by atomic mass is 32.2. The molecule has 2 rings (SSSR count). The predicted octanol–water partition coefficient (Wildman–Crippen LogP) is 2.00. The molecular weight excluding hydrogens is 274 g/mol. The molecule has 5 nitrogen and oxygen atoms in total. The van der Waals surface area contributed by atoms with E-state index in [1.165, 1.54) is 18.2 Å². The molecule has 1 aromatic rings. The summed E-state index contributed by atoms with van der Waals surface area (Å²) in [6.45, 7) is 4.26. The van der Waals surface area contributed by atoms with Crippen LogP contribution in [-0.4, -0.2) is 14.5 Å². The monoisotopic (exact) mass is 293 g/mol. The molecule has 1 aromatic carbocycles. The topological polar surface area (TPSA) is 96.0 Å². The number of hydrogen-bond donors (Lipinski definition) is 2. The van der Waals surface area contributed by atoms with E-state index in [-0.39, 0.29) is 21.9 Å². The summed E-state index contributed by atoms with van der Waals surface area (Å²) in [4.78, 5) is -0.00101. The summed E-state index contributed by atoms with van der Waals surface area (Å²) in [6, 6.07) is 6.08. The fraction of sp³-hybridized carbons (Fsp3) is 0.500. The van der Waals surface area contributed by atoms with Crippen LogP contribution in [0, 0.1) is 16.7 Å². The molecule has 3 N–H and O–H groups in total. The first-order valence-corrected chi connectivity index (χ1v) is 8.04. The van der Waals surface area contributed by atoms with Crippen LogP contribution in [0.4, 0.5) is 5.69 Å². The van der Waals surface area contributed by atoms with Crippen molar-refractivity contribution in [2.45, 2.75) is 44.0 Å². The summed E-state index contributed by atoms with van der Waals surface area (Å²) in [5.74, 6) is 0. The summed E-state index contributed by atoms with van der Waals surface area (Å²) in [5.41, 5.74) is 6.19. The molecule has 0 radical (unpaired) electrons. The minimum Gasteiger partial charge on any atom is -0.399 e. The third kappa shape index (κ3) is 3.11. The number of benzene rings is 1. The van der Waals surface area contributed by atoms with E-state index < -0.39 is 10.0 Å². The molecule has 20 heavy (non-hydrogen) atoms. The Morgan fingerprint density at radius 1 is 1.45 bits per heavy atom. The van der Waals surface area contributed by atoms with Crippen molar-refractivity contribution in [2.75, 3.05) is 5.73 Å². The van der Waals surface area contributed by atoms with Gasteiger partial charge in [-0.05, 0) is 42.9 Å². The second-order valence-electron chi connectivity index (χ2n) is 6.09. The lowest BCUT2D eigenvalue weighted by molar-refractivity contribution is 0.372. The van der Waals surface area contributed by atoms with Gasteiger partial charge in [-0.15, -0.1) is 0 Å². The number of nitrogens with one attached hydrogen (secondary N) is 1. The highest BCUT2D eigenvalue weighted by molar-refractivity contribution is 7.89. The van der Waals surface area contributed by atoms with Gasteiger partial charge in [0.15, 0.2) is 0 Å². The SMILES string of the molecule is CC1(C)CCC(NS(=O)(=O)c2ccc(N)cc2C#N)C1. The molecule has 1 aliphatic carbocycles. The molecule has 108 valence electrons. The molecule has 1 fully saturated rings. The van der Waals surface area contributed by atoms with Gasteiger partial charge >= 0.3 is 0 Å². The third-order valence-electron chi connectivity index (χ3n) is 3.70. The van der Waals surface area contributed by atoms with Gasteiger partial charge in [-0.25, -0.2) is 13.1 Å². The van der Waals surface area contributed by atoms with Gasteiger partial charge in [-0.1, -0.05) is 13.8 Å². The number of hydrogen-bond acceptors (Lipinski definition) is 4. The van der Waals surface area contributed by atoms with Crippen LogP contribution in [0.25, 0.3) is 0 Å². The van der Waals surface area contributed by atoms with Crippen LogP contribution < -0.4 is 10.5 Å². The second kappa shape index (κ2) is 5.08. The normalized spacial score (nSPS) is 21.6. The molecule has 0 aromatic heterocycles. The van der Waals surface area contributed by atoms with Gasteiger partial charge in [0, 0.05) is 11.7 Å². The zero-order valence-corrected chi connectivity index (χ0v) is 12.5. The van der Waals surface area contributed by atoms with E-state index >= 15 is 0 Å². The summed E-state index contributed by atoms with van der Waals surface area (Å²) in [7, 11) is -3.68. The lowest BCUT2D eigenvalue weighted by Crippen LogP contribution is -2.34.